The monoisotopic (exact) mass is 320 g/mol. The van der Waals surface area contributed by atoms with Crippen molar-refractivity contribution >= 4 is 5.97 Å². The number of hydrogen-bond acceptors (Lipinski definition) is 2. The zero-order valence-corrected chi connectivity index (χ0v) is 14.4. The van der Waals surface area contributed by atoms with Crippen LogP contribution in [0.3, 0.4) is 0 Å². The fourth-order valence-electron chi connectivity index (χ4n) is 2.00. The molecule has 3 heteroatoms. The average Bonchev–Trinajstić information content (AvgIpc) is 2.51. The van der Waals surface area contributed by atoms with E-state index in [4.69, 9.17) is 5.11 Å². The van der Waals surface area contributed by atoms with Gasteiger partial charge in [0.25, 0.3) is 0 Å². The quantitative estimate of drug-likeness (QED) is 0.176. The van der Waals surface area contributed by atoms with Crippen molar-refractivity contribution in [2.75, 3.05) is 0 Å². The van der Waals surface area contributed by atoms with E-state index >= 15 is 0 Å². The van der Waals surface area contributed by atoms with Crippen LogP contribution in [-0.2, 0) is 4.79 Å². The Morgan fingerprint density at radius 2 is 1.61 bits per heavy atom. The van der Waals surface area contributed by atoms with Crippen molar-refractivity contribution in [1.82, 2.24) is 0 Å². The third-order valence-corrected chi connectivity index (χ3v) is 3.33. The van der Waals surface area contributed by atoms with Crippen LogP contribution < -0.4 is 0 Å². The lowest BCUT2D eigenvalue weighted by atomic mass is 10.1. The van der Waals surface area contributed by atoms with E-state index in [-0.39, 0.29) is 6.42 Å². The fourth-order valence-corrected chi connectivity index (χ4v) is 2.00. The maximum absolute atomic E-state index is 10.3. The predicted octanol–water partition coefficient (Wildman–Crippen LogP) is 6.10. The van der Waals surface area contributed by atoms with Gasteiger partial charge >= 0.3 is 5.97 Å². The number of allylic oxidation sites excluding steroid dienone is 8. The molecule has 0 aliphatic rings. The molecule has 0 unspecified atom stereocenters. The van der Waals surface area contributed by atoms with Gasteiger partial charge in [-0.05, 0) is 44.6 Å². The summed E-state index contributed by atoms with van der Waals surface area (Å²) in [7, 11) is 0. The van der Waals surface area contributed by atoms with Crippen LogP contribution >= 0.6 is 0 Å². The molecule has 2 N–H and O–H groups in total. The predicted molar refractivity (Wildman–Crippen MR) is 97.6 cm³/mol. The van der Waals surface area contributed by atoms with E-state index in [1.54, 1.807) is 0 Å². The van der Waals surface area contributed by atoms with Gasteiger partial charge in [0.2, 0.25) is 0 Å². The van der Waals surface area contributed by atoms with Crippen LogP contribution in [0.25, 0.3) is 0 Å². The first-order valence-corrected chi connectivity index (χ1v) is 8.73. The second kappa shape index (κ2) is 16.6. The molecule has 23 heavy (non-hydrogen) atoms. The van der Waals surface area contributed by atoms with Crippen LogP contribution in [0.2, 0.25) is 0 Å². The highest BCUT2D eigenvalue weighted by Crippen LogP contribution is 2.07. The summed E-state index contributed by atoms with van der Waals surface area (Å²) in [5, 5.41) is 18.1. The molecule has 0 saturated heterocycles. The van der Waals surface area contributed by atoms with E-state index in [2.05, 4.69) is 25.2 Å². The zero-order chi connectivity index (χ0) is 17.2. The van der Waals surface area contributed by atoms with Crippen molar-refractivity contribution in [1.29, 1.82) is 0 Å². The van der Waals surface area contributed by atoms with Crippen molar-refractivity contribution < 1.29 is 15.0 Å². The number of carbonyl (C=O) groups is 1. The molecule has 0 aromatic rings. The molecule has 0 atom stereocenters. The average molecular weight is 320 g/mol. The number of aliphatic carboxylic acids is 1. The summed E-state index contributed by atoms with van der Waals surface area (Å²) in [5.41, 5.74) is 0. The second-order valence-corrected chi connectivity index (χ2v) is 5.58. The summed E-state index contributed by atoms with van der Waals surface area (Å²) >= 11 is 0. The molecular formula is C20H32O3. The number of rotatable bonds is 14. The normalized spacial score (nSPS) is 12.8. The summed E-state index contributed by atoms with van der Waals surface area (Å²) in [5.74, 6) is -0.206. The SMILES string of the molecule is CCCCCC(O)=CCCC=CC=CCC=CCCCC(=O)O. The largest absolute Gasteiger partial charge is 0.513 e. The molecule has 130 valence electrons. The van der Waals surface area contributed by atoms with Crippen molar-refractivity contribution in [3.05, 3.63) is 48.3 Å². The van der Waals surface area contributed by atoms with Gasteiger partial charge in [0.1, 0.15) is 0 Å². The topological polar surface area (TPSA) is 57.5 Å². The van der Waals surface area contributed by atoms with Crippen molar-refractivity contribution in [2.45, 2.75) is 71.1 Å². The van der Waals surface area contributed by atoms with Gasteiger partial charge in [0.05, 0.1) is 5.76 Å². The minimum Gasteiger partial charge on any atom is -0.513 e. The Labute approximate surface area is 141 Å². The molecule has 0 heterocycles. The van der Waals surface area contributed by atoms with Crippen LogP contribution in [0.4, 0.5) is 0 Å². The Morgan fingerprint density at radius 3 is 2.35 bits per heavy atom. The van der Waals surface area contributed by atoms with E-state index in [1.807, 2.05) is 24.3 Å². The van der Waals surface area contributed by atoms with Gasteiger partial charge in [-0.3, -0.25) is 4.79 Å². The van der Waals surface area contributed by atoms with E-state index in [1.165, 1.54) is 12.8 Å². The molecular weight excluding hydrogens is 288 g/mol. The Hall–Kier alpha value is -1.77. The number of aliphatic hydroxyl groups excluding tert-OH is 1. The fraction of sp³-hybridized carbons (Fsp3) is 0.550. The molecule has 0 bridgehead atoms. The Morgan fingerprint density at radius 1 is 0.826 bits per heavy atom. The van der Waals surface area contributed by atoms with Crippen LogP contribution in [0.5, 0.6) is 0 Å². The Balaban J connectivity index is 3.56. The highest BCUT2D eigenvalue weighted by Gasteiger charge is 1.93. The number of carboxylic acid groups (broad SMARTS) is 1. The van der Waals surface area contributed by atoms with Crippen molar-refractivity contribution in [2.24, 2.45) is 0 Å². The maximum Gasteiger partial charge on any atom is 0.303 e. The third kappa shape index (κ3) is 18.2. The molecule has 0 fully saturated rings. The van der Waals surface area contributed by atoms with Crippen LogP contribution in [0.15, 0.2) is 48.3 Å². The first-order valence-electron chi connectivity index (χ1n) is 8.73. The molecule has 0 aliphatic heterocycles. The molecule has 0 amide bonds. The van der Waals surface area contributed by atoms with Crippen LogP contribution in [-0.4, -0.2) is 16.2 Å². The van der Waals surface area contributed by atoms with Crippen molar-refractivity contribution in [3.8, 4) is 0 Å². The minimum absolute atomic E-state index is 0.242. The summed E-state index contributed by atoms with van der Waals surface area (Å²) in [4.78, 5) is 10.3. The lowest BCUT2D eigenvalue weighted by Gasteiger charge is -1.98. The summed E-state index contributed by atoms with van der Waals surface area (Å²) < 4.78 is 0. The molecule has 0 spiro atoms. The summed E-state index contributed by atoms with van der Waals surface area (Å²) in [6.45, 7) is 2.16. The number of aliphatic hydroxyl groups is 1. The van der Waals surface area contributed by atoms with Crippen LogP contribution in [0, 0.1) is 0 Å². The second-order valence-electron chi connectivity index (χ2n) is 5.58. The molecule has 0 aromatic heterocycles. The Bertz CT molecular complexity index is 403. The van der Waals surface area contributed by atoms with E-state index in [0.717, 1.165) is 38.5 Å². The van der Waals surface area contributed by atoms with E-state index < -0.39 is 5.97 Å². The lowest BCUT2D eigenvalue weighted by Crippen LogP contribution is -1.92. The standard InChI is InChI=1S/C20H32O3/c1-2-3-13-16-19(21)17-14-11-9-7-5-4-6-8-10-12-15-18-20(22)23/h4-5,7-10,17,21H,2-3,6,11-16,18H2,1H3,(H,22,23). The molecule has 0 aliphatic carbocycles. The zero-order valence-electron chi connectivity index (χ0n) is 14.4. The van der Waals surface area contributed by atoms with Crippen molar-refractivity contribution in [3.63, 3.8) is 0 Å². The van der Waals surface area contributed by atoms with Gasteiger partial charge in [0.15, 0.2) is 0 Å². The molecule has 3 nitrogen and oxygen atoms in total. The van der Waals surface area contributed by atoms with Gasteiger partial charge in [-0.25, -0.2) is 0 Å². The van der Waals surface area contributed by atoms with Gasteiger partial charge in [-0.2, -0.15) is 0 Å². The molecule has 0 aromatic carbocycles. The smallest absolute Gasteiger partial charge is 0.303 e. The summed E-state index contributed by atoms with van der Waals surface area (Å²) in [6.07, 6.45) is 22.9. The van der Waals surface area contributed by atoms with Gasteiger partial charge in [-0.1, -0.05) is 56.2 Å². The third-order valence-electron chi connectivity index (χ3n) is 3.33. The molecule has 0 radical (unpaired) electrons. The van der Waals surface area contributed by atoms with Gasteiger partial charge in [0, 0.05) is 12.8 Å². The van der Waals surface area contributed by atoms with Crippen LogP contribution in [0.1, 0.15) is 71.1 Å². The number of carboxylic acids is 1. The maximum atomic E-state index is 10.3. The highest BCUT2D eigenvalue weighted by molar-refractivity contribution is 5.66. The lowest BCUT2D eigenvalue weighted by molar-refractivity contribution is -0.137. The van der Waals surface area contributed by atoms with E-state index in [0.29, 0.717) is 12.2 Å². The summed E-state index contributed by atoms with van der Waals surface area (Å²) in [6, 6.07) is 0. The van der Waals surface area contributed by atoms with Gasteiger partial charge < -0.3 is 10.2 Å². The van der Waals surface area contributed by atoms with E-state index in [9.17, 15) is 9.90 Å². The van der Waals surface area contributed by atoms with Gasteiger partial charge in [-0.15, -0.1) is 0 Å². The molecule has 0 rings (SSSR count). The minimum atomic E-state index is -0.729. The number of unbranched alkanes of at least 4 members (excludes halogenated alkanes) is 4. The Kier molecular flexibility index (Phi) is 15.3. The first kappa shape index (κ1) is 21.2. The first-order chi connectivity index (χ1) is 11.2. The number of hydrogen-bond donors (Lipinski definition) is 2. The highest BCUT2D eigenvalue weighted by atomic mass is 16.4. The molecule has 0 saturated carbocycles.